The molecule has 1 fully saturated rings. The fourth-order valence-corrected chi connectivity index (χ4v) is 4.36. The first-order chi connectivity index (χ1) is 15.2. The normalized spacial score (nSPS) is 15.7. The zero-order valence-corrected chi connectivity index (χ0v) is 17.7. The molecule has 7 heteroatoms. The number of nitrogens with one attached hydrogen (secondary N) is 1. The number of pyridine rings is 1. The van der Waals surface area contributed by atoms with Gasteiger partial charge in [-0.1, -0.05) is 12.1 Å². The van der Waals surface area contributed by atoms with Gasteiger partial charge in [-0.05, 0) is 61.6 Å². The maximum Gasteiger partial charge on any atom is 0.142 e. The highest BCUT2D eigenvalue weighted by molar-refractivity contribution is 5.78. The van der Waals surface area contributed by atoms with Gasteiger partial charge in [-0.15, -0.1) is 0 Å². The Labute approximate surface area is 181 Å². The third-order valence-corrected chi connectivity index (χ3v) is 6.12. The Morgan fingerprint density at radius 2 is 2.10 bits per heavy atom. The average Bonchev–Trinajstić information content (AvgIpc) is 3.59. The minimum atomic E-state index is 0.305. The first kappa shape index (κ1) is 19.6. The quantitative estimate of drug-likeness (QED) is 0.664. The van der Waals surface area contributed by atoms with E-state index in [1.54, 1.807) is 7.11 Å². The van der Waals surface area contributed by atoms with Crippen LogP contribution in [-0.4, -0.2) is 28.4 Å². The SMILES string of the molecule is COc1ccc(Cc2c(C3CC3)nc(N)c(C#N)c2-c2cc3n(n2)CCCNC3)cc1. The number of hydrogen-bond acceptors (Lipinski definition) is 6. The van der Waals surface area contributed by atoms with Crippen molar-refractivity contribution in [2.75, 3.05) is 19.4 Å². The Kier molecular flexibility index (Phi) is 5.08. The lowest BCUT2D eigenvalue weighted by Crippen LogP contribution is -2.11. The lowest BCUT2D eigenvalue weighted by molar-refractivity contribution is 0.414. The fourth-order valence-electron chi connectivity index (χ4n) is 4.36. The van der Waals surface area contributed by atoms with Crippen molar-refractivity contribution in [3.8, 4) is 23.1 Å². The van der Waals surface area contributed by atoms with Gasteiger partial charge in [0.05, 0.1) is 24.2 Å². The zero-order chi connectivity index (χ0) is 21.4. The molecule has 3 N–H and O–H groups in total. The Morgan fingerprint density at radius 1 is 1.29 bits per heavy atom. The molecule has 3 aromatic rings. The van der Waals surface area contributed by atoms with Crippen LogP contribution in [0.4, 0.5) is 5.82 Å². The van der Waals surface area contributed by atoms with Crippen molar-refractivity contribution in [3.63, 3.8) is 0 Å². The molecule has 2 aliphatic rings. The largest absolute Gasteiger partial charge is 0.497 e. The Morgan fingerprint density at radius 3 is 2.81 bits per heavy atom. The van der Waals surface area contributed by atoms with Gasteiger partial charge in [-0.25, -0.2) is 4.98 Å². The highest BCUT2D eigenvalue weighted by atomic mass is 16.5. The summed E-state index contributed by atoms with van der Waals surface area (Å²) in [6.07, 6.45) is 3.92. The van der Waals surface area contributed by atoms with Crippen LogP contribution in [0.25, 0.3) is 11.3 Å². The van der Waals surface area contributed by atoms with Crippen molar-refractivity contribution < 1.29 is 4.74 Å². The third-order valence-electron chi connectivity index (χ3n) is 6.12. The zero-order valence-electron chi connectivity index (χ0n) is 17.7. The molecule has 0 radical (unpaired) electrons. The van der Waals surface area contributed by atoms with Crippen molar-refractivity contribution in [1.82, 2.24) is 20.1 Å². The molecule has 1 aliphatic carbocycles. The minimum Gasteiger partial charge on any atom is -0.497 e. The molecule has 7 nitrogen and oxygen atoms in total. The lowest BCUT2D eigenvalue weighted by Gasteiger charge is -2.16. The van der Waals surface area contributed by atoms with E-state index in [0.717, 1.165) is 78.4 Å². The predicted octanol–water partition coefficient (Wildman–Crippen LogP) is 3.37. The number of fused-ring (bicyclic) bond motifs is 1. The Balaban J connectivity index is 1.67. The number of ether oxygens (including phenoxy) is 1. The van der Waals surface area contributed by atoms with Gasteiger partial charge in [0.2, 0.25) is 0 Å². The van der Waals surface area contributed by atoms with E-state index in [-0.39, 0.29) is 0 Å². The third kappa shape index (κ3) is 3.75. The maximum absolute atomic E-state index is 9.98. The summed E-state index contributed by atoms with van der Waals surface area (Å²) in [6.45, 7) is 2.63. The minimum absolute atomic E-state index is 0.305. The number of anilines is 1. The maximum atomic E-state index is 9.98. The molecule has 0 spiro atoms. The summed E-state index contributed by atoms with van der Waals surface area (Å²) in [5, 5.41) is 18.3. The summed E-state index contributed by atoms with van der Waals surface area (Å²) in [5.41, 5.74) is 12.7. The van der Waals surface area contributed by atoms with Crippen LogP contribution in [0.15, 0.2) is 30.3 Å². The molecule has 1 saturated carbocycles. The molecule has 31 heavy (non-hydrogen) atoms. The Hall–Kier alpha value is -3.37. The van der Waals surface area contributed by atoms with Crippen molar-refractivity contribution in [1.29, 1.82) is 5.26 Å². The van der Waals surface area contributed by atoms with Gasteiger partial charge in [0.1, 0.15) is 23.2 Å². The molecule has 0 bridgehead atoms. The number of nitriles is 1. The summed E-state index contributed by atoms with van der Waals surface area (Å²) in [6, 6.07) is 12.5. The van der Waals surface area contributed by atoms with E-state index in [1.807, 2.05) is 12.1 Å². The van der Waals surface area contributed by atoms with Crippen molar-refractivity contribution >= 4 is 5.82 Å². The van der Waals surface area contributed by atoms with E-state index >= 15 is 0 Å². The topological polar surface area (TPSA) is 102 Å². The molecule has 0 atom stereocenters. The van der Waals surface area contributed by atoms with Crippen molar-refractivity contribution in [3.05, 3.63) is 58.4 Å². The molecule has 0 unspecified atom stereocenters. The lowest BCUT2D eigenvalue weighted by atomic mass is 9.91. The number of methoxy groups -OCH3 is 1. The number of nitrogens with two attached hydrogens (primary N) is 1. The fraction of sp³-hybridized carbons (Fsp3) is 0.375. The number of nitrogens with zero attached hydrogens (tertiary/aromatic N) is 4. The van der Waals surface area contributed by atoms with E-state index in [2.05, 4.69) is 34.3 Å². The monoisotopic (exact) mass is 414 g/mol. The van der Waals surface area contributed by atoms with Gasteiger partial charge in [0.15, 0.2) is 0 Å². The first-order valence-corrected chi connectivity index (χ1v) is 10.8. The molecular weight excluding hydrogens is 388 g/mol. The Bertz CT molecular complexity index is 1130. The van der Waals surface area contributed by atoms with Crippen LogP contribution in [0.2, 0.25) is 0 Å². The molecule has 5 rings (SSSR count). The van der Waals surface area contributed by atoms with Crippen LogP contribution in [0.3, 0.4) is 0 Å². The van der Waals surface area contributed by atoms with Gasteiger partial charge >= 0.3 is 0 Å². The van der Waals surface area contributed by atoms with Crippen LogP contribution >= 0.6 is 0 Å². The molecule has 2 aromatic heterocycles. The summed E-state index contributed by atoms with van der Waals surface area (Å²) >= 11 is 0. The number of benzene rings is 1. The average molecular weight is 415 g/mol. The van der Waals surface area contributed by atoms with Crippen LogP contribution < -0.4 is 15.8 Å². The predicted molar refractivity (Wildman–Crippen MR) is 119 cm³/mol. The molecule has 1 aliphatic heterocycles. The van der Waals surface area contributed by atoms with Crippen LogP contribution in [0.5, 0.6) is 5.75 Å². The van der Waals surface area contributed by atoms with Gasteiger partial charge in [0, 0.05) is 24.6 Å². The molecule has 3 heterocycles. The number of hydrogen-bond donors (Lipinski definition) is 2. The van der Waals surface area contributed by atoms with E-state index in [4.69, 9.17) is 20.6 Å². The standard InChI is InChI=1S/C24H26N6O/c1-31-18-7-3-15(4-8-18)11-19-22(20(13-25)24(26)28-23(19)16-5-6-16)21-12-17-14-27-9-2-10-30(17)29-21/h3-4,7-8,12,16,27H,2,5-6,9-11,14H2,1H3,(H2,26,28). The molecule has 158 valence electrons. The summed E-state index contributed by atoms with van der Waals surface area (Å²) < 4.78 is 7.36. The summed E-state index contributed by atoms with van der Waals surface area (Å²) in [5.74, 6) is 1.54. The molecule has 0 saturated heterocycles. The van der Waals surface area contributed by atoms with Crippen LogP contribution in [0, 0.1) is 11.3 Å². The number of rotatable bonds is 5. The van der Waals surface area contributed by atoms with Gasteiger partial charge in [-0.3, -0.25) is 4.68 Å². The number of aromatic nitrogens is 3. The highest BCUT2D eigenvalue weighted by Gasteiger charge is 2.32. The van der Waals surface area contributed by atoms with Crippen molar-refractivity contribution in [2.24, 2.45) is 0 Å². The smallest absolute Gasteiger partial charge is 0.142 e. The number of aryl methyl sites for hydroxylation is 1. The molecular formula is C24H26N6O. The summed E-state index contributed by atoms with van der Waals surface area (Å²) in [4.78, 5) is 4.70. The van der Waals surface area contributed by atoms with E-state index in [1.165, 1.54) is 0 Å². The number of nitrogen functional groups attached to an aromatic ring is 1. The second kappa shape index (κ2) is 8.05. The van der Waals surface area contributed by atoms with E-state index in [0.29, 0.717) is 23.7 Å². The van der Waals surface area contributed by atoms with Crippen molar-refractivity contribution in [2.45, 2.75) is 44.7 Å². The van der Waals surface area contributed by atoms with Gasteiger partial charge in [0.25, 0.3) is 0 Å². The van der Waals surface area contributed by atoms with Crippen LogP contribution in [-0.2, 0) is 19.5 Å². The molecule has 1 aromatic carbocycles. The summed E-state index contributed by atoms with van der Waals surface area (Å²) in [7, 11) is 1.67. The van der Waals surface area contributed by atoms with Crippen LogP contribution in [0.1, 0.15) is 53.3 Å². The first-order valence-electron chi connectivity index (χ1n) is 10.8. The van der Waals surface area contributed by atoms with Gasteiger partial charge in [-0.2, -0.15) is 10.4 Å². The second-order valence-electron chi connectivity index (χ2n) is 8.30. The second-order valence-corrected chi connectivity index (χ2v) is 8.30. The molecule has 0 amide bonds. The highest BCUT2D eigenvalue weighted by Crippen LogP contribution is 2.45. The van der Waals surface area contributed by atoms with Gasteiger partial charge < -0.3 is 15.8 Å². The van der Waals surface area contributed by atoms with E-state index < -0.39 is 0 Å². The van der Waals surface area contributed by atoms with E-state index in [9.17, 15) is 5.26 Å².